The van der Waals surface area contributed by atoms with Crippen LogP contribution in [0.4, 0.5) is 0 Å². The zero-order valence-corrected chi connectivity index (χ0v) is 12.5. The predicted molar refractivity (Wildman–Crippen MR) is 77.4 cm³/mol. The van der Waals surface area contributed by atoms with Gasteiger partial charge in [0, 0.05) is 6.42 Å². The molecule has 1 aromatic rings. The molecule has 0 bridgehead atoms. The number of rotatable bonds is 2. The molecule has 1 nitrogen and oxygen atoms in total. The van der Waals surface area contributed by atoms with E-state index in [2.05, 4.69) is 13.8 Å². The second-order valence-corrected chi connectivity index (χ2v) is 7.13. The summed E-state index contributed by atoms with van der Waals surface area (Å²) < 4.78 is 0. The van der Waals surface area contributed by atoms with Crippen LogP contribution in [0.15, 0.2) is 18.2 Å². The third-order valence-corrected chi connectivity index (χ3v) is 4.79. The molecular weight excluding hydrogens is 267 g/mol. The molecule has 0 heterocycles. The van der Waals surface area contributed by atoms with Crippen molar-refractivity contribution in [1.82, 2.24) is 0 Å². The van der Waals surface area contributed by atoms with E-state index >= 15 is 0 Å². The summed E-state index contributed by atoms with van der Waals surface area (Å²) in [6.07, 6.45) is 4.54. The first-order valence-electron chi connectivity index (χ1n) is 6.46. The van der Waals surface area contributed by atoms with E-state index in [0.29, 0.717) is 21.9 Å². The van der Waals surface area contributed by atoms with E-state index in [1.165, 1.54) is 0 Å². The summed E-state index contributed by atoms with van der Waals surface area (Å²) in [5.41, 5.74) is 0.850. The average Bonchev–Trinajstić information content (AvgIpc) is 2.29. The standard InChI is InChI=1S/C15H20Cl2O/c1-14(2)5-7-15(18,8-6-14)10-11-3-4-12(16)13(17)9-11/h3-4,9,18H,5-8,10H2,1-2H3. The SMILES string of the molecule is CC1(C)CCC(O)(Cc2ccc(Cl)c(Cl)c2)CC1. The Morgan fingerprint density at radius 2 is 1.67 bits per heavy atom. The summed E-state index contributed by atoms with van der Waals surface area (Å²) in [7, 11) is 0. The van der Waals surface area contributed by atoms with Gasteiger partial charge in [-0.3, -0.25) is 0 Å². The van der Waals surface area contributed by atoms with Crippen molar-refractivity contribution in [2.45, 2.75) is 51.6 Å². The molecule has 1 N–H and O–H groups in total. The van der Waals surface area contributed by atoms with Gasteiger partial charge >= 0.3 is 0 Å². The minimum atomic E-state index is -0.577. The van der Waals surface area contributed by atoms with Gasteiger partial charge in [0.2, 0.25) is 0 Å². The highest BCUT2D eigenvalue weighted by Crippen LogP contribution is 2.41. The minimum Gasteiger partial charge on any atom is -0.390 e. The lowest BCUT2D eigenvalue weighted by Crippen LogP contribution is -2.38. The van der Waals surface area contributed by atoms with Crippen LogP contribution in [0, 0.1) is 5.41 Å². The fraction of sp³-hybridized carbons (Fsp3) is 0.600. The molecule has 0 aromatic heterocycles. The van der Waals surface area contributed by atoms with Crippen molar-refractivity contribution >= 4 is 23.2 Å². The Balaban J connectivity index is 2.07. The summed E-state index contributed by atoms with van der Waals surface area (Å²) in [4.78, 5) is 0. The Labute approximate surface area is 119 Å². The van der Waals surface area contributed by atoms with Gasteiger partial charge < -0.3 is 5.11 Å². The van der Waals surface area contributed by atoms with E-state index in [9.17, 15) is 5.11 Å². The van der Waals surface area contributed by atoms with Gasteiger partial charge in [0.1, 0.15) is 0 Å². The van der Waals surface area contributed by atoms with Crippen molar-refractivity contribution in [3.05, 3.63) is 33.8 Å². The first-order chi connectivity index (χ1) is 8.30. The van der Waals surface area contributed by atoms with Crippen LogP contribution in [0.25, 0.3) is 0 Å². The van der Waals surface area contributed by atoms with Gasteiger partial charge in [-0.15, -0.1) is 0 Å². The molecule has 0 atom stereocenters. The monoisotopic (exact) mass is 286 g/mol. The van der Waals surface area contributed by atoms with Gasteiger partial charge in [0.05, 0.1) is 15.6 Å². The fourth-order valence-corrected chi connectivity index (χ4v) is 2.92. The molecular formula is C15H20Cl2O. The van der Waals surface area contributed by atoms with Crippen LogP contribution in [0.1, 0.15) is 45.1 Å². The van der Waals surface area contributed by atoms with Crippen molar-refractivity contribution < 1.29 is 5.11 Å². The van der Waals surface area contributed by atoms with Crippen LogP contribution in [-0.2, 0) is 6.42 Å². The van der Waals surface area contributed by atoms with Gasteiger partial charge in [-0.25, -0.2) is 0 Å². The largest absolute Gasteiger partial charge is 0.390 e. The van der Waals surface area contributed by atoms with E-state index < -0.39 is 5.60 Å². The van der Waals surface area contributed by atoms with Crippen LogP contribution in [-0.4, -0.2) is 10.7 Å². The zero-order chi connectivity index (χ0) is 13.4. The van der Waals surface area contributed by atoms with Crippen LogP contribution in [0.2, 0.25) is 10.0 Å². The normalized spacial score (nSPS) is 21.8. The third kappa shape index (κ3) is 3.40. The maximum Gasteiger partial charge on any atom is 0.0688 e. The molecule has 2 rings (SSSR count). The first kappa shape index (κ1) is 14.2. The molecule has 18 heavy (non-hydrogen) atoms. The maximum absolute atomic E-state index is 10.6. The highest BCUT2D eigenvalue weighted by molar-refractivity contribution is 6.42. The molecule has 0 unspecified atom stereocenters. The molecule has 0 radical (unpaired) electrons. The number of hydrogen-bond acceptors (Lipinski definition) is 1. The number of halogens is 2. The van der Waals surface area contributed by atoms with E-state index in [1.54, 1.807) is 6.07 Å². The van der Waals surface area contributed by atoms with E-state index in [1.807, 2.05) is 12.1 Å². The highest BCUT2D eigenvalue weighted by atomic mass is 35.5. The van der Waals surface area contributed by atoms with Crippen LogP contribution >= 0.6 is 23.2 Å². The molecule has 1 aliphatic rings. The lowest BCUT2D eigenvalue weighted by molar-refractivity contribution is -0.0251. The maximum atomic E-state index is 10.6. The van der Waals surface area contributed by atoms with Crippen LogP contribution in [0.5, 0.6) is 0 Å². The number of benzene rings is 1. The van der Waals surface area contributed by atoms with Crippen molar-refractivity contribution in [3.63, 3.8) is 0 Å². The Morgan fingerprint density at radius 3 is 2.22 bits per heavy atom. The summed E-state index contributed by atoms with van der Waals surface area (Å²) in [6, 6.07) is 5.61. The second-order valence-electron chi connectivity index (χ2n) is 6.31. The molecule has 1 saturated carbocycles. The lowest BCUT2D eigenvalue weighted by atomic mass is 9.69. The molecule has 100 valence electrons. The van der Waals surface area contributed by atoms with E-state index in [-0.39, 0.29) is 0 Å². The molecule has 1 aliphatic carbocycles. The number of hydrogen-bond donors (Lipinski definition) is 1. The lowest BCUT2D eigenvalue weighted by Gasteiger charge is -2.40. The summed E-state index contributed by atoms with van der Waals surface area (Å²) in [5, 5.41) is 11.8. The Kier molecular flexibility index (Phi) is 3.96. The smallest absolute Gasteiger partial charge is 0.0688 e. The number of aliphatic hydroxyl groups is 1. The molecule has 0 aliphatic heterocycles. The Morgan fingerprint density at radius 1 is 1.06 bits per heavy atom. The van der Waals surface area contributed by atoms with Gasteiger partial charge in [0.25, 0.3) is 0 Å². The van der Waals surface area contributed by atoms with Gasteiger partial charge in [0.15, 0.2) is 0 Å². The zero-order valence-electron chi connectivity index (χ0n) is 11.0. The topological polar surface area (TPSA) is 20.2 Å². The van der Waals surface area contributed by atoms with Crippen molar-refractivity contribution in [2.75, 3.05) is 0 Å². The Bertz CT molecular complexity index is 430. The van der Waals surface area contributed by atoms with Crippen LogP contribution < -0.4 is 0 Å². The van der Waals surface area contributed by atoms with Gasteiger partial charge in [-0.05, 0) is 48.8 Å². The second kappa shape index (κ2) is 5.03. The van der Waals surface area contributed by atoms with Crippen molar-refractivity contribution in [1.29, 1.82) is 0 Å². The quantitative estimate of drug-likeness (QED) is 0.823. The molecule has 0 amide bonds. The van der Waals surface area contributed by atoms with E-state index in [4.69, 9.17) is 23.2 Å². The molecule has 1 aromatic carbocycles. The fourth-order valence-electron chi connectivity index (χ4n) is 2.60. The summed E-state index contributed by atoms with van der Waals surface area (Å²) >= 11 is 11.9. The molecule has 3 heteroatoms. The minimum absolute atomic E-state index is 0.365. The summed E-state index contributed by atoms with van der Waals surface area (Å²) in [6.45, 7) is 4.54. The van der Waals surface area contributed by atoms with Gasteiger partial charge in [-0.2, -0.15) is 0 Å². The van der Waals surface area contributed by atoms with E-state index in [0.717, 1.165) is 31.2 Å². The van der Waals surface area contributed by atoms with Gasteiger partial charge in [-0.1, -0.05) is 43.1 Å². The third-order valence-electron chi connectivity index (χ3n) is 4.05. The Hall–Kier alpha value is -0.240. The molecule has 1 fully saturated rings. The highest BCUT2D eigenvalue weighted by Gasteiger charge is 2.36. The van der Waals surface area contributed by atoms with Crippen molar-refractivity contribution in [2.24, 2.45) is 5.41 Å². The predicted octanol–water partition coefficient (Wildman–Crippen LogP) is 4.87. The average molecular weight is 287 g/mol. The summed E-state index contributed by atoms with van der Waals surface area (Å²) in [5.74, 6) is 0. The molecule has 0 saturated heterocycles. The van der Waals surface area contributed by atoms with Crippen molar-refractivity contribution in [3.8, 4) is 0 Å². The van der Waals surface area contributed by atoms with Crippen LogP contribution in [0.3, 0.4) is 0 Å². The molecule has 0 spiro atoms. The first-order valence-corrected chi connectivity index (χ1v) is 7.22.